The normalized spacial score (nSPS) is 16.9. The zero-order valence-corrected chi connectivity index (χ0v) is 13.7. The largest absolute Gasteiger partial charge is 0.494 e. The van der Waals surface area contributed by atoms with Gasteiger partial charge in [0.2, 0.25) is 0 Å². The molecule has 24 heavy (non-hydrogen) atoms. The summed E-state index contributed by atoms with van der Waals surface area (Å²) in [5.41, 5.74) is 1.28. The number of benzene rings is 2. The Morgan fingerprint density at radius 1 is 1.25 bits per heavy atom. The lowest BCUT2D eigenvalue weighted by Gasteiger charge is -2.25. The van der Waals surface area contributed by atoms with Gasteiger partial charge in [0.15, 0.2) is 0 Å². The third-order valence-electron chi connectivity index (χ3n) is 4.19. The smallest absolute Gasteiger partial charge is 0.322 e. The molecule has 1 saturated heterocycles. The molecule has 3 rings (SSSR count). The summed E-state index contributed by atoms with van der Waals surface area (Å²) in [5.74, 6) is 0.504. The van der Waals surface area contributed by atoms with Crippen molar-refractivity contribution in [3.8, 4) is 5.75 Å². The average molecular weight is 328 g/mol. The Morgan fingerprint density at radius 3 is 2.71 bits per heavy atom. The number of nitrogens with zero attached hydrogens (tertiary/aromatic N) is 1. The quantitative estimate of drug-likeness (QED) is 0.891. The van der Waals surface area contributed by atoms with Crippen molar-refractivity contribution < 1.29 is 13.9 Å². The number of hydrogen-bond donors (Lipinski definition) is 1. The topological polar surface area (TPSA) is 41.6 Å². The van der Waals surface area contributed by atoms with Gasteiger partial charge in [-0.1, -0.05) is 18.2 Å². The van der Waals surface area contributed by atoms with Crippen molar-refractivity contribution in [1.82, 2.24) is 4.90 Å². The zero-order valence-electron chi connectivity index (χ0n) is 13.7. The first-order valence-corrected chi connectivity index (χ1v) is 8.24. The molecule has 2 aromatic carbocycles. The zero-order chi connectivity index (χ0) is 16.9. The predicted octanol–water partition coefficient (Wildman–Crippen LogP) is 4.59. The van der Waals surface area contributed by atoms with E-state index in [0.717, 1.165) is 18.6 Å². The summed E-state index contributed by atoms with van der Waals surface area (Å²) in [5, 5.41) is 2.88. The SMILES string of the molecule is CCOc1ccc(NC(=O)N2CCC[C@@H]2c2ccccc2F)cc1. The van der Waals surface area contributed by atoms with E-state index in [1.807, 2.05) is 19.1 Å². The number of hydrogen-bond acceptors (Lipinski definition) is 2. The highest BCUT2D eigenvalue weighted by atomic mass is 19.1. The molecule has 0 aliphatic carbocycles. The van der Waals surface area contributed by atoms with E-state index in [1.54, 1.807) is 35.2 Å². The molecule has 0 aromatic heterocycles. The summed E-state index contributed by atoms with van der Waals surface area (Å²) in [7, 11) is 0. The number of rotatable bonds is 4. The molecule has 1 aliphatic heterocycles. The Bertz CT molecular complexity index is 703. The first-order chi connectivity index (χ1) is 11.7. The number of urea groups is 1. The van der Waals surface area contributed by atoms with E-state index in [2.05, 4.69) is 5.32 Å². The summed E-state index contributed by atoms with van der Waals surface area (Å²) < 4.78 is 19.4. The highest BCUT2D eigenvalue weighted by Crippen LogP contribution is 2.33. The molecule has 1 heterocycles. The molecule has 1 atom stereocenters. The third-order valence-corrected chi connectivity index (χ3v) is 4.19. The number of amides is 2. The highest BCUT2D eigenvalue weighted by molar-refractivity contribution is 5.89. The van der Waals surface area contributed by atoms with Crippen molar-refractivity contribution in [3.05, 3.63) is 59.9 Å². The van der Waals surface area contributed by atoms with Gasteiger partial charge in [0.05, 0.1) is 12.6 Å². The van der Waals surface area contributed by atoms with E-state index in [4.69, 9.17) is 4.74 Å². The number of ether oxygens (including phenoxy) is 1. The van der Waals surface area contributed by atoms with Gasteiger partial charge in [-0.2, -0.15) is 0 Å². The lowest BCUT2D eigenvalue weighted by Crippen LogP contribution is -2.34. The maximum atomic E-state index is 14.0. The van der Waals surface area contributed by atoms with Gasteiger partial charge in [-0.3, -0.25) is 0 Å². The molecule has 0 radical (unpaired) electrons. The molecule has 0 unspecified atom stereocenters. The van der Waals surface area contributed by atoms with Crippen molar-refractivity contribution in [2.45, 2.75) is 25.8 Å². The van der Waals surface area contributed by atoms with Crippen molar-refractivity contribution in [2.75, 3.05) is 18.5 Å². The van der Waals surface area contributed by atoms with E-state index < -0.39 is 0 Å². The number of nitrogens with one attached hydrogen (secondary N) is 1. The van der Waals surface area contributed by atoms with Crippen molar-refractivity contribution in [1.29, 1.82) is 0 Å². The molecule has 1 fully saturated rings. The van der Waals surface area contributed by atoms with Crippen molar-refractivity contribution in [2.24, 2.45) is 0 Å². The Hall–Kier alpha value is -2.56. The molecule has 126 valence electrons. The van der Waals surface area contributed by atoms with Crippen LogP contribution < -0.4 is 10.1 Å². The molecule has 0 saturated carbocycles. The van der Waals surface area contributed by atoms with Crippen LogP contribution in [0.1, 0.15) is 31.4 Å². The van der Waals surface area contributed by atoms with E-state index in [1.165, 1.54) is 6.07 Å². The second kappa shape index (κ2) is 7.34. The van der Waals surface area contributed by atoms with Gasteiger partial charge < -0.3 is 15.0 Å². The average Bonchev–Trinajstić information content (AvgIpc) is 3.07. The third kappa shape index (κ3) is 3.50. The minimum absolute atomic E-state index is 0.204. The van der Waals surface area contributed by atoms with Gasteiger partial charge in [-0.05, 0) is 50.1 Å². The molecule has 0 spiro atoms. The van der Waals surface area contributed by atoms with Gasteiger partial charge in [0, 0.05) is 17.8 Å². The Kier molecular flexibility index (Phi) is 4.99. The van der Waals surface area contributed by atoms with Gasteiger partial charge in [-0.15, -0.1) is 0 Å². The van der Waals surface area contributed by atoms with E-state index in [0.29, 0.717) is 24.4 Å². The standard InChI is InChI=1S/C19H21FN2O2/c1-2-24-15-11-9-14(10-12-15)21-19(23)22-13-5-8-18(22)16-6-3-4-7-17(16)20/h3-4,6-7,9-12,18H,2,5,8,13H2,1H3,(H,21,23)/t18-/m1/s1. The molecule has 5 heteroatoms. The van der Waals surface area contributed by atoms with E-state index >= 15 is 0 Å². The molecule has 4 nitrogen and oxygen atoms in total. The highest BCUT2D eigenvalue weighted by Gasteiger charge is 2.31. The van der Waals surface area contributed by atoms with Crippen LogP contribution in [0.3, 0.4) is 0 Å². The van der Waals surface area contributed by atoms with Crippen LogP contribution in [0.2, 0.25) is 0 Å². The Morgan fingerprint density at radius 2 is 2.00 bits per heavy atom. The molecule has 2 amide bonds. The maximum absolute atomic E-state index is 14.0. The van der Waals surface area contributed by atoms with Crippen molar-refractivity contribution in [3.63, 3.8) is 0 Å². The lowest BCUT2D eigenvalue weighted by molar-refractivity contribution is 0.206. The summed E-state index contributed by atoms with van der Waals surface area (Å²) in [6, 6.07) is 13.5. The van der Waals surface area contributed by atoms with Crippen LogP contribution in [-0.4, -0.2) is 24.1 Å². The van der Waals surface area contributed by atoms with Crippen LogP contribution in [0.5, 0.6) is 5.75 Å². The monoisotopic (exact) mass is 328 g/mol. The number of likely N-dealkylation sites (tertiary alicyclic amines) is 1. The van der Waals surface area contributed by atoms with Gasteiger partial charge in [-0.25, -0.2) is 9.18 Å². The molecular weight excluding hydrogens is 307 g/mol. The van der Waals surface area contributed by atoms with Crippen LogP contribution in [0.15, 0.2) is 48.5 Å². The first kappa shape index (κ1) is 16.3. The fraction of sp³-hybridized carbons (Fsp3) is 0.316. The molecule has 0 bridgehead atoms. The molecule has 1 N–H and O–H groups in total. The predicted molar refractivity (Wildman–Crippen MR) is 91.7 cm³/mol. The van der Waals surface area contributed by atoms with E-state index in [9.17, 15) is 9.18 Å². The number of halogens is 1. The second-order valence-corrected chi connectivity index (χ2v) is 5.76. The second-order valence-electron chi connectivity index (χ2n) is 5.76. The molecule has 1 aliphatic rings. The summed E-state index contributed by atoms with van der Waals surface area (Å²) in [6.07, 6.45) is 1.65. The summed E-state index contributed by atoms with van der Waals surface area (Å²) in [6.45, 7) is 3.15. The van der Waals surface area contributed by atoms with E-state index in [-0.39, 0.29) is 17.9 Å². The van der Waals surface area contributed by atoms with Crippen LogP contribution in [0, 0.1) is 5.82 Å². The van der Waals surface area contributed by atoms with Crippen LogP contribution in [-0.2, 0) is 0 Å². The van der Waals surface area contributed by atoms with Gasteiger partial charge in [0.25, 0.3) is 0 Å². The van der Waals surface area contributed by atoms with Crippen LogP contribution in [0.25, 0.3) is 0 Å². The molecular formula is C19H21FN2O2. The fourth-order valence-corrected chi connectivity index (χ4v) is 3.07. The Balaban J connectivity index is 1.71. The first-order valence-electron chi connectivity index (χ1n) is 8.24. The lowest BCUT2D eigenvalue weighted by atomic mass is 10.0. The summed E-state index contributed by atoms with van der Waals surface area (Å²) in [4.78, 5) is 14.3. The van der Waals surface area contributed by atoms with Crippen molar-refractivity contribution >= 4 is 11.7 Å². The minimum atomic E-state index is -0.261. The van der Waals surface area contributed by atoms with Gasteiger partial charge >= 0.3 is 6.03 Å². The van der Waals surface area contributed by atoms with Gasteiger partial charge in [0.1, 0.15) is 11.6 Å². The molecule has 2 aromatic rings. The van der Waals surface area contributed by atoms with Crippen LogP contribution in [0.4, 0.5) is 14.9 Å². The number of carbonyl (C=O) groups is 1. The number of carbonyl (C=O) groups excluding carboxylic acids is 1. The maximum Gasteiger partial charge on any atom is 0.322 e. The minimum Gasteiger partial charge on any atom is -0.494 e. The fourth-order valence-electron chi connectivity index (χ4n) is 3.07. The van der Waals surface area contributed by atoms with Crippen LogP contribution >= 0.6 is 0 Å². The number of anilines is 1. The Labute approximate surface area is 141 Å². The summed E-state index contributed by atoms with van der Waals surface area (Å²) >= 11 is 0.